The molecule has 0 amide bonds. The molecule has 16 heavy (non-hydrogen) atoms. The molecule has 1 saturated carbocycles. The third-order valence-electron chi connectivity index (χ3n) is 3.33. The van der Waals surface area contributed by atoms with Crippen LogP contribution in [0.15, 0.2) is 5.38 Å². The average Bonchev–Trinajstić information content (AvgIpc) is 2.79. The Bertz CT molecular complexity index is 318. The summed E-state index contributed by atoms with van der Waals surface area (Å²) in [6, 6.07) is 0. The molecule has 90 valence electrons. The summed E-state index contributed by atoms with van der Waals surface area (Å²) in [5.74, 6) is 0.865. The number of nitrogens with zero attached hydrogens (tertiary/aromatic N) is 2. The smallest absolute Gasteiger partial charge is 0.185 e. The molecule has 0 radical (unpaired) electrons. The van der Waals surface area contributed by atoms with Crippen LogP contribution in [-0.2, 0) is 6.54 Å². The van der Waals surface area contributed by atoms with Gasteiger partial charge in [-0.2, -0.15) is 0 Å². The Hall–Kier alpha value is -0.610. The molecule has 2 rings (SSSR count). The first kappa shape index (κ1) is 11.9. The molecule has 0 spiro atoms. The largest absolute Gasteiger partial charge is 0.351 e. The van der Waals surface area contributed by atoms with Gasteiger partial charge in [-0.05, 0) is 18.8 Å². The number of nitrogens with two attached hydrogens (primary N) is 1. The Balaban J connectivity index is 1.88. The highest BCUT2D eigenvalue weighted by molar-refractivity contribution is 7.13. The molecule has 0 atom stereocenters. The molecule has 0 bridgehead atoms. The van der Waals surface area contributed by atoms with Gasteiger partial charge < -0.3 is 10.6 Å². The monoisotopic (exact) mass is 239 g/mol. The summed E-state index contributed by atoms with van der Waals surface area (Å²) in [4.78, 5) is 6.81. The van der Waals surface area contributed by atoms with Gasteiger partial charge in [0.25, 0.3) is 0 Å². The second-order valence-corrected chi connectivity index (χ2v) is 5.55. The zero-order chi connectivity index (χ0) is 11.4. The maximum absolute atomic E-state index is 5.57. The van der Waals surface area contributed by atoms with Gasteiger partial charge in [0.1, 0.15) is 0 Å². The van der Waals surface area contributed by atoms with Gasteiger partial charge in [-0.25, -0.2) is 4.98 Å². The second-order valence-electron chi connectivity index (χ2n) is 4.71. The molecule has 1 aliphatic rings. The highest BCUT2D eigenvalue weighted by Gasteiger charge is 2.16. The van der Waals surface area contributed by atoms with Crippen LogP contribution >= 0.6 is 11.3 Å². The van der Waals surface area contributed by atoms with Crippen LogP contribution in [0.4, 0.5) is 5.13 Å². The van der Waals surface area contributed by atoms with E-state index in [0.717, 1.165) is 23.3 Å². The molecule has 0 saturated heterocycles. The van der Waals surface area contributed by atoms with Crippen LogP contribution in [0.25, 0.3) is 0 Å². The molecule has 1 aromatic heterocycles. The van der Waals surface area contributed by atoms with Crippen LogP contribution in [0.2, 0.25) is 0 Å². The molecule has 3 nitrogen and oxygen atoms in total. The van der Waals surface area contributed by atoms with Gasteiger partial charge in [-0.3, -0.25) is 0 Å². The van der Waals surface area contributed by atoms with E-state index in [1.54, 1.807) is 11.3 Å². The maximum Gasteiger partial charge on any atom is 0.185 e. The van der Waals surface area contributed by atoms with Crippen LogP contribution in [0.1, 0.15) is 37.8 Å². The summed E-state index contributed by atoms with van der Waals surface area (Å²) in [5.41, 5.74) is 6.58. The predicted octanol–water partition coefficient (Wildman–Crippen LogP) is 2.62. The molecule has 1 aromatic rings. The van der Waals surface area contributed by atoms with Crippen molar-refractivity contribution in [2.24, 2.45) is 11.7 Å². The Morgan fingerprint density at radius 1 is 1.44 bits per heavy atom. The van der Waals surface area contributed by atoms with E-state index >= 15 is 0 Å². The minimum atomic E-state index is 0.549. The standard InChI is InChI=1S/C12H21N3S/c1-15(8-10-5-3-2-4-6-10)12-14-11(7-13)9-16-12/h9-10H,2-8,13H2,1H3. The Labute approximate surface area is 102 Å². The molecule has 4 heteroatoms. The molecular weight excluding hydrogens is 218 g/mol. The van der Waals surface area contributed by atoms with Gasteiger partial charge in [0.05, 0.1) is 5.69 Å². The van der Waals surface area contributed by atoms with Crippen molar-refractivity contribution < 1.29 is 0 Å². The number of thiazole rings is 1. The molecule has 1 aliphatic carbocycles. The van der Waals surface area contributed by atoms with Crippen LogP contribution in [0, 0.1) is 5.92 Å². The van der Waals surface area contributed by atoms with Crippen molar-refractivity contribution in [1.29, 1.82) is 0 Å². The summed E-state index contributed by atoms with van der Waals surface area (Å²) < 4.78 is 0. The minimum Gasteiger partial charge on any atom is -0.351 e. The first-order valence-electron chi connectivity index (χ1n) is 6.15. The van der Waals surface area contributed by atoms with Crippen LogP contribution in [0.5, 0.6) is 0 Å². The van der Waals surface area contributed by atoms with Crippen molar-refractivity contribution in [3.05, 3.63) is 11.1 Å². The van der Waals surface area contributed by atoms with Gasteiger partial charge in [-0.1, -0.05) is 19.3 Å². The second kappa shape index (κ2) is 5.64. The van der Waals surface area contributed by atoms with E-state index in [0.29, 0.717) is 6.54 Å². The molecule has 0 aliphatic heterocycles. The normalized spacial score (nSPS) is 17.6. The van der Waals surface area contributed by atoms with E-state index in [2.05, 4.69) is 22.3 Å². The lowest BCUT2D eigenvalue weighted by molar-refractivity contribution is 0.362. The summed E-state index contributed by atoms with van der Waals surface area (Å²) in [6.45, 7) is 1.70. The maximum atomic E-state index is 5.57. The van der Waals surface area contributed by atoms with E-state index in [4.69, 9.17) is 5.73 Å². The van der Waals surface area contributed by atoms with E-state index in [1.807, 2.05) is 0 Å². The highest BCUT2D eigenvalue weighted by Crippen LogP contribution is 2.27. The van der Waals surface area contributed by atoms with Crippen molar-refractivity contribution in [1.82, 2.24) is 4.98 Å². The summed E-state index contributed by atoms with van der Waals surface area (Å²) >= 11 is 1.71. The molecule has 2 N–H and O–H groups in total. The number of anilines is 1. The van der Waals surface area contributed by atoms with Crippen molar-refractivity contribution >= 4 is 16.5 Å². The van der Waals surface area contributed by atoms with E-state index < -0.39 is 0 Å². The quantitative estimate of drug-likeness (QED) is 0.878. The fourth-order valence-corrected chi connectivity index (χ4v) is 3.22. The van der Waals surface area contributed by atoms with Gasteiger partial charge >= 0.3 is 0 Å². The highest BCUT2D eigenvalue weighted by atomic mass is 32.1. The van der Waals surface area contributed by atoms with Crippen LogP contribution in [0.3, 0.4) is 0 Å². The lowest BCUT2D eigenvalue weighted by Crippen LogP contribution is -2.26. The Morgan fingerprint density at radius 2 is 2.19 bits per heavy atom. The zero-order valence-corrected chi connectivity index (χ0v) is 10.8. The van der Waals surface area contributed by atoms with Crippen molar-refractivity contribution in [2.45, 2.75) is 38.6 Å². The van der Waals surface area contributed by atoms with Crippen molar-refractivity contribution in [3.8, 4) is 0 Å². The molecule has 0 unspecified atom stereocenters. The first-order valence-corrected chi connectivity index (χ1v) is 7.03. The summed E-state index contributed by atoms with van der Waals surface area (Å²) in [6.07, 6.45) is 7.02. The Morgan fingerprint density at radius 3 is 2.81 bits per heavy atom. The van der Waals surface area contributed by atoms with E-state index in [9.17, 15) is 0 Å². The molecule has 1 fully saturated rings. The van der Waals surface area contributed by atoms with E-state index in [1.165, 1.54) is 32.1 Å². The fourth-order valence-electron chi connectivity index (χ4n) is 2.40. The zero-order valence-electron chi connectivity index (χ0n) is 9.98. The van der Waals surface area contributed by atoms with Gasteiger partial charge in [0, 0.05) is 25.5 Å². The Kier molecular flexibility index (Phi) is 4.18. The lowest BCUT2D eigenvalue weighted by Gasteiger charge is -2.26. The first-order chi connectivity index (χ1) is 7.79. The molecular formula is C12H21N3S. The van der Waals surface area contributed by atoms with Gasteiger partial charge in [0.2, 0.25) is 0 Å². The van der Waals surface area contributed by atoms with Gasteiger partial charge in [-0.15, -0.1) is 11.3 Å². The SMILES string of the molecule is CN(CC1CCCCC1)c1nc(CN)cs1. The third kappa shape index (κ3) is 2.95. The number of aromatic nitrogens is 1. The summed E-state index contributed by atoms with van der Waals surface area (Å²) in [5, 5.41) is 3.18. The van der Waals surface area contributed by atoms with Crippen molar-refractivity contribution in [3.63, 3.8) is 0 Å². The lowest BCUT2D eigenvalue weighted by atomic mass is 9.89. The van der Waals surface area contributed by atoms with Crippen LogP contribution < -0.4 is 10.6 Å². The number of hydrogen-bond acceptors (Lipinski definition) is 4. The minimum absolute atomic E-state index is 0.549. The predicted molar refractivity (Wildman–Crippen MR) is 69.9 cm³/mol. The number of hydrogen-bond donors (Lipinski definition) is 1. The van der Waals surface area contributed by atoms with Crippen molar-refractivity contribution in [2.75, 3.05) is 18.5 Å². The summed E-state index contributed by atoms with van der Waals surface area (Å²) in [7, 11) is 2.15. The topological polar surface area (TPSA) is 42.2 Å². The van der Waals surface area contributed by atoms with Crippen LogP contribution in [-0.4, -0.2) is 18.6 Å². The fraction of sp³-hybridized carbons (Fsp3) is 0.750. The average molecular weight is 239 g/mol. The van der Waals surface area contributed by atoms with E-state index in [-0.39, 0.29) is 0 Å². The number of rotatable bonds is 4. The molecule has 0 aromatic carbocycles. The molecule has 1 heterocycles. The van der Waals surface area contributed by atoms with Gasteiger partial charge in [0.15, 0.2) is 5.13 Å². The third-order valence-corrected chi connectivity index (χ3v) is 4.34.